The number of nitrogens with one attached hydrogen (secondary N) is 1. The molecule has 0 saturated heterocycles. The number of carbonyl (C=O) groups excluding carboxylic acids is 2. The molecule has 6 heteroatoms. The Bertz CT molecular complexity index is 1210. The maximum absolute atomic E-state index is 13.5. The maximum Gasteiger partial charge on any atom is 0.282 e. The lowest BCUT2D eigenvalue weighted by Crippen LogP contribution is -2.32. The zero-order chi connectivity index (χ0) is 23.0. The van der Waals surface area contributed by atoms with Crippen molar-refractivity contribution in [3.8, 4) is 0 Å². The highest BCUT2D eigenvalue weighted by atomic mass is 19.1. The maximum atomic E-state index is 13.5. The van der Waals surface area contributed by atoms with Gasteiger partial charge in [-0.2, -0.15) is 0 Å². The second-order valence-electron chi connectivity index (χ2n) is 8.11. The lowest BCUT2D eigenvalue weighted by Gasteiger charge is -2.17. The fourth-order valence-electron chi connectivity index (χ4n) is 3.83. The number of anilines is 3. The first kappa shape index (κ1) is 21.3. The van der Waals surface area contributed by atoms with E-state index in [1.807, 2.05) is 63.2 Å². The van der Waals surface area contributed by atoms with Crippen molar-refractivity contribution in [2.45, 2.75) is 13.8 Å². The Morgan fingerprint density at radius 1 is 0.812 bits per heavy atom. The smallest absolute Gasteiger partial charge is 0.282 e. The van der Waals surface area contributed by atoms with Crippen LogP contribution in [0.15, 0.2) is 72.4 Å². The van der Waals surface area contributed by atoms with Crippen LogP contribution in [0.5, 0.6) is 0 Å². The Labute approximate surface area is 186 Å². The van der Waals surface area contributed by atoms with Gasteiger partial charge in [0.25, 0.3) is 11.8 Å². The molecule has 0 fully saturated rings. The van der Waals surface area contributed by atoms with Crippen molar-refractivity contribution in [1.29, 1.82) is 0 Å². The van der Waals surface area contributed by atoms with Crippen LogP contribution in [0.1, 0.15) is 16.7 Å². The van der Waals surface area contributed by atoms with E-state index in [-0.39, 0.29) is 11.3 Å². The molecule has 0 unspecified atom stereocenters. The molecule has 1 aliphatic rings. The monoisotopic (exact) mass is 429 g/mol. The van der Waals surface area contributed by atoms with Crippen LogP contribution in [-0.2, 0) is 9.59 Å². The summed E-state index contributed by atoms with van der Waals surface area (Å²) in [5.41, 5.74) is 4.95. The van der Waals surface area contributed by atoms with Crippen molar-refractivity contribution in [3.63, 3.8) is 0 Å². The molecule has 3 aromatic carbocycles. The van der Waals surface area contributed by atoms with Crippen molar-refractivity contribution >= 4 is 34.4 Å². The topological polar surface area (TPSA) is 52.7 Å². The first-order chi connectivity index (χ1) is 15.2. The molecule has 0 atom stereocenters. The van der Waals surface area contributed by atoms with E-state index in [1.54, 1.807) is 12.1 Å². The van der Waals surface area contributed by atoms with Gasteiger partial charge in [-0.15, -0.1) is 0 Å². The van der Waals surface area contributed by atoms with Crippen LogP contribution >= 0.6 is 0 Å². The highest BCUT2D eigenvalue weighted by molar-refractivity contribution is 6.46. The fourth-order valence-corrected chi connectivity index (χ4v) is 3.83. The summed E-state index contributed by atoms with van der Waals surface area (Å²) >= 11 is 0. The zero-order valence-corrected chi connectivity index (χ0v) is 18.4. The largest absolute Gasteiger partial charge is 0.378 e. The number of hydrogen-bond acceptors (Lipinski definition) is 4. The Hall–Kier alpha value is -3.93. The van der Waals surface area contributed by atoms with Gasteiger partial charge in [0.05, 0.1) is 11.3 Å². The van der Waals surface area contributed by atoms with Gasteiger partial charge in [-0.1, -0.05) is 18.2 Å². The van der Waals surface area contributed by atoms with Gasteiger partial charge in [0.15, 0.2) is 0 Å². The number of carbonyl (C=O) groups is 2. The molecule has 0 aromatic heterocycles. The van der Waals surface area contributed by atoms with Gasteiger partial charge < -0.3 is 10.2 Å². The number of imide groups is 1. The fraction of sp³-hybridized carbons (Fsp3) is 0.154. The molecule has 4 rings (SSSR count). The normalized spacial score (nSPS) is 13.7. The quantitative estimate of drug-likeness (QED) is 0.586. The lowest BCUT2D eigenvalue weighted by molar-refractivity contribution is -0.120. The minimum absolute atomic E-state index is 0.165. The molecule has 1 heterocycles. The molecule has 1 N–H and O–H groups in total. The molecule has 0 saturated carbocycles. The van der Waals surface area contributed by atoms with Crippen molar-refractivity contribution in [2.75, 3.05) is 29.2 Å². The first-order valence-electron chi connectivity index (χ1n) is 10.3. The summed E-state index contributed by atoms with van der Waals surface area (Å²) in [5.74, 6) is -1.30. The first-order valence-corrected chi connectivity index (χ1v) is 10.3. The molecule has 3 aromatic rings. The van der Waals surface area contributed by atoms with E-state index in [0.29, 0.717) is 16.9 Å². The predicted molar refractivity (Wildman–Crippen MR) is 126 cm³/mol. The summed E-state index contributed by atoms with van der Waals surface area (Å²) in [7, 11) is 3.89. The number of amides is 2. The van der Waals surface area contributed by atoms with E-state index in [1.165, 1.54) is 29.2 Å². The lowest BCUT2D eigenvalue weighted by atomic mass is 10.0. The van der Waals surface area contributed by atoms with Gasteiger partial charge in [0.1, 0.15) is 11.5 Å². The second-order valence-corrected chi connectivity index (χ2v) is 8.11. The van der Waals surface area contributed by atoms with Crippen LogP contribution in [0, 0.1) is 19.7 Å². The number of aryl methyl sites for hydroxylation is 2. The van der Waals surface area contributed by atoms with Gasteiger partial charge in [0.2, 0.25) is 0 Å². The number of halogens is 1. The van der Waals surface area contributed by atoms with Crippen LogP contribution in [0.2, 0.25) is 0 Å². The van der Waals surface area contributed by atoms with Crippen LogP contribution in [0.25, 0.3) is 5.57 Å². The van der Waals surface area contributed by atoms with E-state index in [9.17, 15) is 14.0 Å². The Morgan fingerprint density at radius 2 is 1.41 bits per heavy atom. The van der Waals surface area contributed by atoms with Gasteiger partial charge in [0, 0.05) is 25.5 Å². The number of nitrogens with zero attached hydrogens (tertiary/aromatic N) is 2. The van der Waals surface area contributed by atoms with Crippen molar-refractivity contribution in [3.05, 3.63) is 94.9 Å². The third-order valence-corrected chi connectivity index (χ3v) is 5.33. The minimum Gasteiger partial charge on any atom is -0.378 e. The zero-order valence-electron chi connectivity index (χ0n) is 18.4. The van der Waals surface area contributed by atoms with Crippen molar-refractivity contribution in [1.82, 2.24) is 0 Å². The third-order valence-electron chi connectivity index (χ3n) is 5.33. The summed E-state index contributed by atoms with van der Waals surface area (Å²) in [5, 5.41) is 3.13. The summed E-state index contributed by atoms with van der Waals surface area (Å²) in [6, 6.07) is 18.7. The van der Waals surface area contributed by atoms with Crippen LogP contribution in [-0.4, -0.2) is 25.9 Å². The molecular formula is C26H24FN3O2. The van der Waals surface area contributed by atoms with Crippen molar-refractivity contribution < 1.29 is 14.0 Å². The molecule has 2 amide bonds. The molecule has 0 bridgehead atoms. The van der Waals surface area contributed by atoms with E-state index < -0.39 is 17.6 Å². The van der Waals surface area contributed by atoms with E-state index in [4.69, 9.17) is 0 Å². The highest BCUT2D eigenvalue weighted by Gasteiger charge is 2.40. The van der Waals surface area contributed by atoms with Crippen LogP contribution in [0.4, 0.5) is 21.5 Å². The minimum atomic E-state index is -0.448. The third kappa shape index (κ3) is 3.99. The summed E-state index contributed by atoms with van der Waals surface area (Å²) in [6.07, 6.45) is 0. The molecule has 0 spiro atoms. The Morgan fingerprint density at radius 3 is 1.97 bits per heavy atom. The highest BCUT2D eigenvalue weighted by Crippen LogP contribution is 2.34. The molecule has 5 nitrogen and oxygen atoms in total. The van der Waals surface area contributed by atoms with Crippen LogP contribution < -0.4 is 15.1 Å². The standard InChI is InChI=1S/C26H24FN3O2/c1-16-13-17(2)15-22(14-16)30-25(31)23(18-5-7-19(27)8-6-18)24(26(30)32)28-20-9-11-21(12-10-20)29(3)4/h5-15,28H,1-4H3. The predicted octanol–water partition coefficient (Wildman–Crippen LogP) is 4.91. The average molecular weight is 429 g/mol. The second kappa shape index (κ2) is 8.30. The molecular weight excluding hydrogens is 405 g/mol. The molecule has 0 aliphatic carbocycles. The van der Waals surface area contributed by atoms with Crippen LogP contribution in [0.3, 0.4) is 0 Å². The molecule has 1 aliphatic heterocycles. The van der Waals surface area contributed by atoms with Gasteiger partial charge in [-0.25, -0.2) is 9.29 Å². The van der Waals surface area contributed by atoms with E-state index in [2.05, 4.69) is 5.32 Å². The average Bonchev–Trinajstić information content (AvgIpc) is 2.98. The summed E-state index contributed by atoms with van der Waals surface area (Å²) < 4.78 is 13.5. The Kier molecular flexibility index (Phi) is 5.53. The van der Waals surface area contributed by atoms with E-state index in [0.717, 1.165) is 16.8 Å². The SMILES string of the molecule is Cc1cc(C)cc(N2C(=O)C(Nc3ccc(N(C)C)cc3)=C(c3ccc(F)cc3)C2=O)c1. The number of hydrogen-bond donors (Lipinski definition) is 1. The van der Waals surface area contributed by atoms with Gasteiger partial charge >= 0.3 is 0 Å². The molecule has 162 valence electrons. The number of benzene rings is 3. The molecule has 32 heavy (non-hydrogen) atoms. The molecule has 0 radical (unpaired) electrons. The van der Waals surface area contributed by atoms with Crippen molar-refractivity contribution in [2.24, 2.45) is 0 Å². The summed E-state index contributed by atoms with van der Waals surface area (Å²) in [4.78, 5) is 30.1. The van der Waals surface area contributed by atoms with Gasteiger partial charge in [-0.3, -0.25) is 9.59 Å². The van der Waals surface area contributed by atoms with E-state index >= 15 is 0 Å². The Balaban J connectivity index is 1.80. The summed E-state index contributed by atoms with van der Waals surface area (Å²) in [6.45, 7) is 3.84. The number of rotatable bonds is 5. The van der Waals surface area contributed by atoms with Gasteiger partial charge in [-0.05, 0) is 79.1 Å².